The Kier molecular flexibility index (Phi) is 6.21. The predicted octanol–water partition coefficient (Wildman–Crippen LogP) is 3.41. The highest BCUT2D eigenvalue weighted by molar-refractivity contribution is 9.10. The maximum atomic E-state index is 12.5. The average molecular weight is 435 g/mol. The van der Waals surface area contributed by atoms with Crippen molar-refractivity contribution in [1.82, 2.24) is 9.80 Å². The first-order valence-corrected chi connectivity index (χ1v) is 9.76. The Hall–Kier alpha value is -2.28. The van der Waals surface area contributed by atoms with E-state index in [4.69, 9.17) is 9.15 Å². The van der Waals surface area contributed by atoms with Crippen LogP contribution in [0.3, 0.4) is 0 Å². The summed E-state index contributed by atoms with van der Waals surface area (Å²) in [5, 5.41) is 0. The molecule has 1 saturated heterocycles. The third-order valence-electron chi connectivity index (χ3n) is 4.76. The molecule has 144 valence electrons. The van der Waals surface area contributed by atoms with Gasteiger partial charge in [0.2, 0.25) is 0 Å². The van der Waals surface area contributed by atoms with E-state index in [-0.39, 0.29) is 18.4 Å². The van der Waals surface area contributed by atoms with Crippen LogP contribution in [-0.4, -0.2) is 54.4 Å². The minimum Gasteiger partial charge on any atom is -0.484 e. The van der Waals surface area contributed by atoms with E-state index in [2.05, 4.69) is 15.9 Å². The maximum Gasteiger partial charge on any atom is 0.289 e. The lowest BCUT2D eigenvalue weighted by molar-refractivity contribution is -0.133. The Morgan fingerprint density at radius 1 is 1.04 bits per heavy atom. The molecule has 1 aliphatic heterocycles. The molecule has 3 rings (SSSR count). The van der Waals surface area contributed by atoms with Crippen molar-refractivity contribution in [1.29, 1.82) is 0 Å². The number of aryl methyl sites for hydroxylation is 2. The Morgan fingerprint density at radius 2 is 1.78 bits per heavy atom. The molecule has 1 aromatic heterocycles. The normalized spacial score (nSPS) is 14.8. The topological polar surface area (TPSA) is 63.0 Å². The van der Waals surface area contributed by atoms with Gasteiger partial charge in [-0.3, -0.25) is 9.59 Å². The van der Waals surface area contributed by atoms with Crippen LogP contribution in [0.2, 0.25) is 0 Å². The van der Waals surface area contributed by atoms with Gasteiger partial charge >= 0.3 is 0 Å². The van der Waals surface area contributed by atoms with Crippen molar-refractivity contribution in [2.75, 3.05) is 32.8 Å². The number of rotatable bonds is 4. The highest BCUT2D eigenvalue weighted by atomic mass is 79.9. The number of ether oxygens (including phenoxy) is 1. The van der Waals surface area contributed by atoms with E-state index >= 15 is 0 Å². The van der Waals surface area contributed by atoms with Crippen molar-refractivity contribution in [3.63, 3.8) is 0 Å². The van der Waals surface area contributed by atoms with Gasteiger partial charge < -0.3 is 19.0 Å². The van der Waals surface area contributed by atoms with Gasteiger partial charge in [-0.05, 0) is 71.6 Å². The van der Waals surface area contributed by atoms with E-state index in [0.29, 0.717) is 42.4 Å². The summed E-state index contributed by atoms with van der Waals surface area (Å²) in [6, 6.07) is 9.15. The van der Waals surface area contributed by atoms with Crippen LogP contribution in [0.15, 0.2) is 39.4 Å². The third kappa shape index (κ3) is 4.91. The van der Waals surface area contributed by atoms with E-state index in [0.717, 1.165) is 12.0 Å². The molecule has 0 unspecified atom stereocenters. The first-order valence-electron chi connectivity index (χ1n) is 8.96. The highest BCUT2D eigenvalue weighted by Crippen LogP contribution is 2.18. The second kappa shape index (κ2) is 8.61. The van der Waals surface area contributed by atoms with Crippen LogP contribution in [-0.2, 0) is 4.79 Å². The first kappa shape index (κ1) is 19.5. The van der Waals surface area contributed by atoms with E-state index in [1.807, 2.05) is 32.0 Å². The van der Waals surface area contributed by atoms with E-state index in [1.54, 1.807) is 21.9 Å². The third-order valence-corrected chi connectivity index (χ3v) is 5.19. The maximum absolute atomic E-state index is 12.5. The van der Waals surface area contributed by atoms with Gasteiger partial charge in [0.15, 0.2) is 17.0 Å². The summed E-state index contributed by atoms with van der Waals surface area (Å²) in [6.45, 7) is 6.23. The Balaban J connectivity index is 1.53. The molecule has 2 aromatic rings. The summed E-state index contributed by atoms with van der Waals surface area (Å²) in [4.78, 5) is 28.5. The lowest BCUT2D eigenvalue weighted by Crippen LogP contribution is -2.39. The molecule has 0 spiro atoms. The molecule has 0 bridgehead atoms. The average Bonchev–Trinajstić information content (AvgIpc) is 2.94. The largest absolute Gasteiger partial charge is 0.484 e. The number of carbonyl (C=O) groups is 2. The van der Waals surface area contributed by atoms with Crippen molar-refractivity contribution in [3.8, 4) is 5.75 Å². The van der Waals surface area contributed by atoms with Crippen LogP contribution >= 0.6 is 15.9 Å². The van der Waals surface area contributed by atoms with Crippen LogP contribution in [0.5, 0.6) is 5.75 Å². The number of hydrogen-bond acceptors (Lipinski definition) is 4. The fourth-order valence-electron chi connectivity index (χ4n) is 3.00. The number of furan rings is 1. The second-order valence-corrected chi connectivity index (χ2v) is 7.45. The Labute approximate surface area is 167 Å². The summed E-state index contributed by atoms with van der Waals surface area (Å²) in [6.07, 6.45) is 0.725. The smallest absolute Gasteiger partial charge is 0.289 e. The number of amides is 2. The number of nitrogens with zero attached hydrogens (tertiary/aromatic N) is 2. The number of benzene rings is 1. The van der Waals surface area contributed by atoms with Gasteiger partial charge in [0, 0.05) is 26.2 Å². The predicted molar refractivity (Wildman–Crippen MR) is 105 cm³/mol. The van der Waals surface area contributed by atoms with E-state index in [1.165, 1.54) is 5.56 Å². The molecular weight excluding hydrogens is 412 g/mol. The molecule has 0 N–H and O–H groups in total. The molecule has 2 amide bonds. The highest BCUT2D eigenvalue weighted by Gasteiger charge is 2.24. The number of carbonyl (C=O) groups excluding carboxylic acids is 2. The van der Waals surface area contributed by atoms with Crippen LogP contribution in [0.4, 0.5) is 0 Å². The lowest BCUT2D eigenvalue weighted by Gasteiger charge is -2.21. The van der Waals surface area contributed by atoms with Gasteiger partial charge in [-0.1, -0.05) is 6.07 Å². The quantitative estimate of drug-likeness (QED) is 0.739. The molecule has 1 aliphatic rings. The van der Waals surface area contributed by atoms with Gasteiger partial charge in [0.1, 0.15) is 5.75 Å². The number of halogens is 1. The molecule has 2 heterocycles. The lowest BCUT2D eigenvalue weighted by atomic mass is 10.1. The monoisotopic (exact) mass is 434 g/mol. The zero-order valence-electron chi connectivity index (χ0n) is 15.5. The summed E-state index contributed by atoms with van der Waals surface area (Å²) < 4.78 is 11.5. The van der Waals surface area contributed by atoms with Crippen LogP contribution in [0.1, 0.15) is 28.1 Å². The summed E-state index contributed by atoms with van der Waals surface area (Å²) in [7, 11) is 0. The van der Waals surface area contributed by atoms with Crippen LogP contribution in [0, 0.1) is 13.8 Å². The summed E-state index contributed by atoms with van der Waals surface area (Å²) in [5.41, 5.74) is 2.32. The SMILES string of the molecule is Cc1ccc(OCC(=O)N2CCCN(C(=O)c3ccc(Br)o3)CC2)cc1C. The molecule has 1 fully saturated rings. The Bertz CT molecular complexity index is 833. The van der Waals surface area contributed by atoms with Crippen LogP contribution in [0.25, 0.3) is 0 Å². The molecular formula is C20H23BrN2O4. The van der Waals surface area contributed by atoms with Crippen molar-refractivity contribution in [2.45, 2.75) is 20.3 Å². The van der Waals surface area contributed by atoms with Crippen molar-refractivity contribution in [2.24, 2.45) is 0 Å². The zero-order valence-corrected chi connectivity index (χ0v) is 17.1. The van der Waals surface area contributed by atoms with Gasteiger partial charge in [-0.25, -0.2) is 0 Å². The van der Waals surface area contributed by atoms with Crippen molar-refractivity contribution < 1.29 is 18.7 Å². The molecule has 27 heavy (non-hydrogen) atoms. The fraction of sp³-hybridized carbons (Fsp3) is 0.400. The zero-order chi connectivity index (χ0) is 19.4. The minimum atomic E-state index is -0.152. The van der Waals surface area contributed by atoms with Gasteiger partial charge in [0.05, 0.1) is 0 Å². The second-order valence-electron chi connectivity index (χ2n) is 6.67. The number of hydrogen-bond donors (Lipinski definition) is 0. The van der Waals surface area contributed by atoms with Gasteiger partial charge in [0.25, 0.3) is 11.8 Å². The van der Waals surface area contributed by atoms with Crippen molar-refractivity contribution >= 4 is 27.7 Å². The van der Waals surface area contributed by atoms with Crippen molar-refractivity contribution in [3.05, 3.63) is 51.9 Å². The molecule has 7 heteroatoms. The molecule has 1 aromatic carbocycles. The molecule has 6 nitrogen and oxygen atoms in total. The first-order chi connectivity index (χ1) is 12.9. The standard InChI is InChI=1S/C20H23BrN2O4/c1-14-4-5-16(12-15(14)2)26-13-19(24)22-8-3-9-23(11-10-22)20(25)17-6-7-18(21)27-17/h4-7,12H,3,8-11,13H2,1-2H3. The molecule has 0 radical (unpaired) electrons. The minimum absolute atomic E-state index is 0.00157. The van der Waals surface area contributed by atoms with Gasteiger partial charge in [-0.2, -0.15) is 0 Å². The van der Waals surface area contributed by atoms with Crippen LogP contribution < -0.4 is 4.74 Å². The van der Waals surface area contributed by atoms with Gasteiger partial charge in [-0.15, -0.1) is 0 Å². The molecule has 0 aliphatic carbocycles. The van der Waals surface area contributed by atoms with E-state index in [9.17, 15) is 9.59 Å². The summed E-state index contributed by atoms with van der Waals surface area (Å²) in [5.74, 6) is 0.783. The molecule has 0 saturated carbocycles. The summed E-state index contributed by atoms with van der Waals surface area (Å²) >= 11 is 3.21. The fourth-order valence-corrected chi connectivity index (χ4v) is 3.30. The molecule has 0 atom stereocenters. The Morgan fingerprint density at radius 3 is 2.48 bits per heavy atom. The van der Waals surface area contributed by atoms with E-state index < -0.39 is 0 Å².